The van der Waals surface area contributed by atoms with E-state index in [0.29, 0.717) is 0 Å². The summed E-state index contributed by atoms with van der Waals surface area (Å²) in [4.78, 5) is 11.6. The third-order valence-corrected chi connectivity index (χ3v) is 3.73. The standard InChI is InChI=1S/C19H16N4O/c1-13-2-6-15(7-3-13)24-16-8-4-14(5-9-16)23-19-17-10-11-20-18(17)21-12-22-19/h2-12H,1H3,(H2,20,21,22,23). The maximum Gasteiger partial charge on any atom is 0.143 e. The van der Waals surface area contributed by atoms with Gasteiger partial charge in [-0.1, -0.05) is 17.7 Å². The van der Waals surface area contributed by atoms with Crippen LogP contribution in [0, 0.1) is 6.92 Å². The number of H-pyrrole nitrogens is 1. The Labute approximate surface area is 139 Å². The molecule has 24 heavy (non-hydrogen) atoms. The number of aryl methyl sites for hydroxylation is 1. The summed E-state index contributed by atoms with van der Waals surface area (Å²) in [5, 5.41) is 4.26. The van der Waals surface area contributed by atoms with Crippen molar-refractivity contribution in [3.05, 3.63) is 72.7 Å². The minimum Gasteiger partial charge on any atom is -0.457 e. The topological polar surface area (TPSA) is 62.8 Å². The van der Waals surface area contributed by atoms with Crippen molar-refractivity contribution in [3.8, 4) is 11.5 Å². The van der Waals surface area contributed by atoms with Crippen LogP contribution < -0.4 is 10.1 Å². The molecule has 0 fully saturated rings. The van der Waals surface area contributed by atoms with Crippen LogP contribution in [0.1, 0.15) is 5.56 Å². The zero-order valence-electron chi connectivity index (χ0n) is 13.2. The predicted molar refractivity (Wildman–Crippen MR) is 94.9 cm³/mol. The average Bonchev–Trinajstić information content (AvgIpc) is 3.08. The minimum absolute atomic E-state index is 0.772. The van der Waals surface area contributed by atoms with Gasteiger partial charge in [-0.15, -0.1) is 0 Å². The fourth-order valence-corrected chi connectivity index (χ4v) is 2.46. The first kappa shape index (κ1) is 14.3. The molecule has 0 amide bonds. The van der Waals surface area contributed by atoms with Gasteiger partial charge >= 0.3 is 0 Å². The maximum absolute atomic E-state index is 5.84. The highest BCUT2D eigenvalue weighted by molar-refractivity contribution is 5.88. The molecule has 2 aromatic carbocycles. The lowest BCUT2D eigenvalue weighted by atomic mass is 10.2. The number of fused-ring (bicyclic) bond motifs is 1. The number of benzene rings is 2. The van der Waals surface area contributed by atoms with Crippen molar-refractivity contribution >= 4 is 22.5 Å². The third kappa shape index (κ3) is 2.92. The largest absolute Gasteiger partial charge is 0.457 e. The number of rotatable bonds is 4. The van der Waals surface area contributed by atoms with Crippen LogP contribution in [0.5, 0.6) is 11.5 Å². The third-order valence-electron chi connectivity index (χ3n) is 3.73. The van der Waals surface area contributed by atoms with E-state index in [0.717, 1.165) is 34.0 Å². The molecule has 0 aliphatic heterocycles. The van der Waals surface area contributed by atoms with Gasteiger partial charge in [-0.2, -0.15) is 0 Å². The second-order valence-electron chi connectivity index (χ2n) is 5.53. The first-order chi connectivity index (χ1) is 11.8. The summed E-state index contributed by atoms with van der Waals surface area (Å²) in [5.41, 5.74) is 2.96. The second kappa shape index (κ2) is 6.04. The Morgan fingerprint density at radius 2 is 1.58 bits per heavy atom. The summed E-state index contributed by atoms with van der Waals surface area (Å²) in [6.07, 6.45) is 3.39. The summed E-state index contributed by atoms with van der Waals surface area (Å²) in [7, 11) is 0. The lowest BCUT2D eigenvalue weighted by Gasteiger charge is -2.09. The Balaban J connectivity index is 1.51. The molecule has 0 atom stereocenters. The molecule has 0 aliphatic rings. The maximum atomic E-state index is 5.84. The minimum atomic E-state index is 0.772. The number of aromatic amines is 1. The van der Waals surface area contributed by atoms with E-state index in [2.05, 4.69) is 27.2 Å². The first-order valence-corrected chi connectivity index (χ1v) is 7.68. The van der Waals surface area contributed by atoms with E-state index in [1.165, 1.54) is 11.9 Å². The molecule has 2 heterocycles. The summed E-state index contributed by atoms with van der Waals surface area (Å²) in [6, 6.07) is 17.7. The molecule has 2 N–H and O–H groups in total. The van der Waals surface area contributed by atoms with Crippen molar-refractivity contribution in [2.75, 3.05) is 5.32 Å². The van der Waals surface area contributed by atoms with Crippen LogP contribution in [0.2, 0.25) is 0 Å². The lowest BCUT2D eigenvalue weighted by Crippen LogP contribution is -1.95. The monoisotopic (exact) mass is 316 g/mol. The first-order valence-electron chi connectivity index (χ1n) is 7.68. The van der Waals surface area contributed by atoms with Crippen LogP contribution >= 0.6 is 0 Å². The van der Waals surface area contributed by atoms with Gasteiger partial charge in [-0.25, -0.2) is 9.97 Å². The smallest absolute Gasteiger partial charge is 0.143 e. The van der Waals surface area contributed by atoms with E-state index in [-0.39, 0.29) is 0 Å². The number of aromatic nitrogens is 3. The Morgan fingerprint density at radius 1 is 0.875 bits per heavy atom. The van der Waals surface area contributed by atoms with E-state index in [4.69, 9.17) is 4.74 Å². The van der Waals surface area contributed by atoms with Gasteiger partial charge in [0.15, 0.2) is 0 Å². The van der Waals surface area contributed by atoms with Crippen LogP contribution in [0.15, 0.2) is 67.1 Å². The highest BCUT2D eigenvalue weighted by Gasteiger charge is 2.05. The summed E-state index contributed by atoms with van der Waals surface area (Å²) < 4.78 is 5.84. The molecular weight excluding hydrogens is 300 g/mol. The van der Waals surface area contributed by atoms with E-state index in [9.17, 15) is 0 Å². The van der Waals surface area contributed by atoms with Crippen molar-refractivity contribution in [2.45, 2.75) is 6.92 Å². The molecular formula is C19H16N4O. The molecule has 0 bridgehead atoms. The van der Waals surface area contributed by atoms with Gasteiger partial charge in [0.05, 0.1) is 5.39 Å². The number of nitrogens with one attached hydrogen (secondary N) is 2. The fourth-order valence-electron chi connectivity index (χ4n) is 2.46. The quantitative estimate of drug-likeness (QED) is 0.567. The molecule has 0 spiro atoms. The summed E-state index contributed by atoms with van der Waals surface area (Å²) in [6.45, 7) is 2.05. The molecule has 0 saturated heterocycles. The van der Waals surface area contributed by atoms with Crippen LogP contribution in [-0.4, -0.2) is 15.0 Å². The number of nitrogens with zero attached hydrogens (tertiary/aromatic N) is 2. The van der Waals surface area contributed by atoms with Gasteiger partial charge < -0.3 is 15.0 Å². The zero-order chi connectivity index (χ0) is 16.4. The summed E-state index contributed by atoms with van der Waals surface area (Å²) in [5.74, 6) is 2.39. The van der Waals surface area contributed by atoms with Crippen LogP contribution in [0.4, 0.5) is 11.5 Å². The predicted octanol–water partition coefficient (Wildman–Crippen LogP) is 4.80. The fraction of sp³-hybridized carbons (Fsp3) is 0.0526. The van der Waals surface area contributed by atoms with Crippen molar-refractivity contribution in [2.24, 2.45) is 0 Å². The Hall–Kier alpha value is -3.34. The van der Waals surface area contributed by atoms with Crippen LogP contribution in [0.25, 0.3) is 11.0 Å². The number of hydrogen-bond acceptors (Lipinski definition) is 4. The molecule has 5 heteroatoms. The van der Waals surface area contributed by atoms with Gasteiger partial charge in [0.2, 0.25) is 0 Å². The molecule has 118 valence electrons. The Bertz CT molecular complexity index is 959. The number of hydrogen-bond donors (Lipinski definition) is 2. The molecule has 4 aromatic rings. The van der Waals surface area contributed by atoms with E-state index < -0.39 is 0 Å². The highest BCUT2D eigenvalue weighted by Crippen LogP contribution is 2.26. The van der Waals surface area contributed by atoms with Gasteiger partial charge in [0, 0.05) is 11.9 Å². The van der Waals surface area contributed by atoms with Gasteiger partial charge in [-0.05, 0) is 49.4 Å². The molecule has 0 aliphatic carbocycles. The van der Waals surface area contributed by atoms with Crippen molar-refractivity contribution in [3.63, 3.8) is 0 Å². The van der Waals surface area contributed by atoms with E-state index >= 15 is 0 Å². The Morgan fingerprint density at radius 3 is 2.33 bits per heavy atom. The molecule has 5 nitrogen and oxygen atoms in total. The van der Waals surface area contributed by atoms with Crippen molar-refractivity contribution in [1.82, 2.24) is 15.0 Å². The molecule has 4 rings (SSSR count). The number of ether oxygens (including phenoxy) is 1. The van der Waals surface area contributed by atoms with E-state index in [1.54, 1.807) is 0 Å². The summed E-state index contributed by atoms with van der Waals surface area (Å²) >= 11 is 0. The Kier molecular flexibility index (Phi) is 3.59. The van der Waals surface area contributed by atoms with Crippen molar-refractivity contribution in [1.29, 1.82) is 0 Å². The van der Waals surface area contributed by atoms with Crippen LogP contribution in [0.3, 0.4) is 0 Å². The average molecular weight is 316 g/mol. The molecule has 0 saturated carbocycles. The number of anilines is 2. The molecule has 0 unspecified atom stereocenters. The second-order valence-corrected chi connectivity index (χ2v) is 5.53. The SMILES string of the molecule is Cc1ccc(Oc2ccc(Nc3ncnc4[nH]ccc34)cc2)cc1. The van der Waals surface area contributed by atoms with Gasteiger partial charge in [-0.3, -0.25) is 0 Å². The van der Waals surface area contributed by atoms with E-state index in [1.807, 2.05) is 60.8 Å². The molecule has 0 radical (unpaired) electrons. The van der Waals surface area contributed by atoms with Gasteiger partial charge in [0.1, 0.15) is 29.3 Å². The highest BCUT2D eigenvalue weighted by atomic mass is 16.5. The molecule has 2 aromatic heterocycles. The van der Waals surface area contributed by atoms with Crippen LogP contribution in [-0.2, 0) is 0 Å². The lowest BCUT2D eigenvalue weighted by molar-refractivity contribution is 0.482. The van der Waals surface area contributed by atoms with Crippen molar-refractivity contribution < 1.29 is 4.74 Å². The van der Waals surface area contributed by atoms with Gasteiger partial charge in [0.25, 0.3) is 0 Å². The zero-order valence-corrected chi connectivity index (χ0v) is 13.2. The normalized spacial score (nSPS) is 10.7.